The van der Waals surface area contributed by atoms with Crippen molar-refractivity contribution in [2.24, 2.45) is 0 Å². The highest BCUT2D eigenvalue weighted by molar-refractivity contribution is 7.07. The summed E-state index contributed by atoms with van der Waals surface area (Å²) in [6, 6.07) is 11.2. The lowest BCUT2D eigenvalue weighted by Crippen LogP contribution is -2.37. The fraction of sp³-hybridized carbons (Fsp3) is 0.375. The Labute approximate surface area is 118 Å². The number of benzene rings is 1. The van der Waals surface area contributed by atoms with Gasteiger partial charge in [-0.25, -0.2) is 0 Å². The molecular formula is C16H19NOS. The molecule has 1 aliphatic carbocycles. The van der Waals surface area contributed by atoms with E-state index in [0.29, 0.717) is 12.6 Å². The highest BCUT2D eigenvalue weighted by Crippen LogP contribution is 2.22. The number of aliphatic hydroxyl groups is 1. The van der Waals surface area contributed by atoms with Gasteiger partial charge in [-0.3, -0.25) is 0 Å². The molecule has 1 aliphatic rings. The predicted octanol–water partition coefficient (Wildman–Crippen LogP) is 2.93. The minimum atomic E-state index is -0.386. The Morgan fingerprint density at radius 1 is 1.26 bits per heavy atom. The maximum Gasteiger partial charge on any atom is 0.0922 e. The zero-order valence-corrected chi connectivity index (χ0v) is 11.7. The van der Waals surface area contributed by atoms with Crippen LogP contribution < -0.4 is 5.32 Å². The van der Waals surface area contributed by atoms with Gasteiger partial charge in [0.1, 0.15) is 0 Å². The lowest BCUT2D eigenvalue weighted by molar-refractivity contribution is 0.168. The minimum Gasteiger partial charge on any atom is -0.387 e. The molecule has 2 atom stereocenters. The van der Waals surface area contributed by atoms with E-state index < -0.39 is 0 Å². The highest BCUT2D eigenvalue weighted by Gasteiger charge is 2.18. The van der Waals surface area contributed by atoms with Crippen LogP contribution in [0.5, 0.6) is 0 Å². The molecule has 0 radical (unpaired) electrons. The summed E-state index contributed by atoms with van der Waals surface area (Å²) in [6.45, 7) is 0.642. The van der Waals surface area contributed by atoms with Gasteiger partial charge in [0.2, 0.25) is 0 Å². The molecule has 0 unspecified atom stereocenters. The van der Waals surface area contributed by atoms with Crippen molar-refractivity contribution < 1.29 is 5.11 Å². The van der Waals surface area contributed by atoms with Crippen LogP contribution in [0.4, 0.5) is 0 Å². The SMILES string of the molecule is O[C@@H](CN[C@@H]1CCc2ccccc2C1)c1ccsc1. The lowest BCUT2D eigenvalue weighted by Gasteiger charge is -2.26. The second kappa shape index (κ2) is 5.87. The smallest absolute Gasteiger partial charge is 0.0922 e. The van der Waals surface area contributed by atoms with E-state index in [0.717, 1.165) is 24.8 Å². The number of nitrogens with one attached hydrogen (secondary N) is 1. The molecule has 0 saturated heterocycles. The Kier molecular flexibility index (Phi) is 3.97. The summed E-state index contributed by atoms with van der Waals surface area (Å²) in [6.07, 6.45) is 2.99. The van der Waals surface area contributed by atoms with Gasteiger partial charge in [-0.05, 0) is 52.8 Å². The number of hydrogen-bond acceptors (Lipinski definition) is 3. The van der Waals surface area contributed by atoms with Gasteiger partial charge in [0.05, 0.1) is 6.10 Å². The molecule has 0 amide bonds. The van der Waals surface area contributed by atoms with Crippen LogP contribution in [0.25, 0.3) is 0 Å². The first-order chi connectivity index (χ1) is 9.33. The molecule has 0 saturated carbocycles. The summed E-state index contributed by atoms with van der Waals surface area (Å²) in [7, 11) is 0. The summed E-state index contributed by atoms with van der Waals surface area (Å²) in [5.74, 6) is 0. The fourth-order valence-electron chi connectivity index (χ4n) is 2.73. The number of aryl methyl sites for hydroxylation is 1. The van der Waals surface area contributed by atoms with Gasteiger partial charge in [0.25, 0.3) is 0 Å². The molecule has 1 aromatic heterocycles. The quantitative estimate of drug-likeness (QED) is 0.897. The van der Waals surface area contributed by atoms with Crippen molar-refractivity contribution in [3.8, 4) is 0 Å². The zero-order chi connectivity index (χ0) is 13.1. The number of hydrogen-bond donors (Lipinski definition) is 2. The number of rotatable bonds is 4. The van der Waals surface area contributed by atoms with E-state index in [-0.39, 0.29) is 6.10 Å². The predicted molar refractivity (Wildman–Crippen MR) is 79.5 cm³/mol. The van der Waals surface area contributed by atoms with Crippen molar-refractivity contribution in [2.75, 3.05) is 6.54 Å². The van der Waals surface area contributed by atoms with Crippen LogP contribution >= 0.6 is 11.3 Å². The van der Waals surface area contributed by atoms with Crippen molar-refractivity contribution in [3.63, 3.8) is 0 Å². The van der Waals surface area contributed by atoms with Crippen molar-refractivity contribution in [3.05, 3.63) is 57.8 Å². The zero-order valence-electron chi connectivity index (χ0n) is 10.9. The first-order valence-electron chi connectivity index (χ1n) is 6.83. The topological polar surface area (TPSA) is 32.3 Å². The molecule has 2 N–H and O–H groups in total. The van der Waals surface area contributed by atoms with Crippen LogP contribution in [0.3, 0.4) is 0 Å². The summed E-state index contributed by atoms with van der Waals surface area (Å²) in [4.78, 5) is 0. The average Bonchev–Trinajstić information content (AvgIpc) is 2.99. The van der Waals surface area contributed by atoms with E-state index in [1.807, 2.05) is 16.8 Å². The molecule has 0 aliphatic heterocycles. The number of thiophene rings is 1. The molecule has 2 aromatic rings. The third kappa shape index (κ3) is 3.06. The Bertz CT molecular complexity index is 523. The summed E-state index contributed by atoms with van der Waals surface area (Å²) < 4.78 is 0. The van der Waals surface area contributed by atoms with Gasteiger partial charge >= 0.3 is 0 Å². The molecule has 1 aromatic carbocycles. The Balaban J connectivity index is 1.55. The van der Waals surface area contributed by atoms with E-state index >= 15 is 0 Å². The van der Waals surface area contributed by atoms with Crippen LogP contribution in [0.15, 0.2) is 41.1 Å². The lowest BCUT2D eigenvalue weighted by atomic mass is 9.88. The van der Waals surface area contributed by atoms with Gasteiger partial charge in [-0.2, -0.15) is 11.3 Å². The third-order valence-corrected chi connectivity index (χ3v) is 4.58. The molecule has 0 spiro atoms. The standard InChI is InChI=1S/C16H19NOS/c18-16(14-7-8-19-11-14)10-17-15-6-5-12-3-1-2-4-13(12)9-15/h1-4,7-8,11,15-18H,5-6,9-10H2/t15-,16+/m1/s1. The van der Waals surface area contributed by atoms with E-state index in [9.17, 15) is 5.11 Å². The summed E-state index contributed by atoms with van der Waals surface area (Å²) in [5, 5.41) is 17.6. The van der Waals surface area contributed by atoms with Gasteiger partial charge in [0.15, 0.2) is 0 Å². The first kappa shape index (κ1) is 12.9. The Hall–Kier alpha value is -1.16. The van der Waals surface area contributed by atoms with E-state index in [4.69, 9.17) is 0 Å². The van der Waals surface area contributed by atoms with Crippen LogP contribution in [-0.2, 0) is 12.8 Å². The Morgan fingerprint density at radius 2 is 2.11 bits per heavy atom. The monoisotopic (exact) mass is 273 g/mol. The summed E-state index contributed by atoms with van der Waals surface area (Å²) in [5.41, 5.74) is 3.96. The van der Waals surface area contributed by atoms with Crippen molar-refractivity contribution in [1.29, 1.82) is 0 Å². The molecule has 3 rings (SSSR count). The van der Waals surface area contributed by atoms with Crippen LogP contribution in [-0.4, -0.2) is 17.7 Å². The van der Waals surface area contributed by atoms with Gasteiger partial charge < -0.3 is 10.4 Å². The van der Waals surface area contributed by atoms with E-state index in [1.54, 1.807) is 11.3 Å². The van der Waals surface area contributed by atoms with Gasteiger partial charge in [-0.15, -0.1) is 0 Å². The first-order valence-corrected chi connectivity index (χ1v) is 7.77. The minimum absolute atomic E-state index is 0.386. The van der Waals surface area contributed by atoms with Crippen molar-refractivity contribution >= 4 is 11.3 Å². The molecule has 100 valence electrons. The third-order valence-electron chi connectivity index (χ3n) is 3.87. The molecule has 19 heavy (non-hydrogen) atoms. The molecular weight excluding hydrogens is 254 g/mol. The molecule has 1 heterocycles. The van der Waals surface area contributed by atoms with Crippen molar-refractivity contribution in [1.82, 2.24) is 5.32 Å². The number of fused-ring (bicyclic) bond motifs is 1. The molecule has 0 bridgehead atoms. The molecule has 3 heteroatoms. The van der Waals surface area contributed by atoms with Crippen molar-refractivity contribution in [2.45, 2.75) is 31.4 Å². The van der Waals surface area contributed by atoms with Gasteiger partial charge in [-0.1, -0.05) is 24.3 Å². The second-order valence-corrected chi connectivity index (χ2v) is 5.97. The van der Waals surface area contributed by atoms with Crippen LogP contribution in [0.1, 0.15) is 29.2 Å². The molecule has 0 fully saturated rings. The maximum atomic E-state index is 10.1. The fourth-order valence-corrected chi connectivity index (χ4v) is 3.44. The second-order valence-electron chi connectivity index (χ2n) is 5.19. The van der Waals surface area contributed by atoms with E-state index in [1.165, 1.54) is 11.1 Å². The van der Waals surface area contributed by atoms with Crippen LogP contribution in [0, 0.1) is 0 Å². The average molecular weight is 273 g/mol. The number of aliphatic hydroxyl groups excluding tert-OH is 1. The largest absolute Gasteiger partial charge is 0.387 e. The highest BCUT2D eigenvalue weighted by atomic mass is 32.1. The Morgan fingerprint density at radius 3 is 2.89 bits per heavy atom. The summed E-state index contributed by atoms with van der Waals surface area (Å²) >= 11 is 1.63. The van der Waals surface area contributed by atoms with Gasteiger partial charge in [0, 0.05) is 12.6 Å². The van der Waals surface area contributed by atoms with E-state index in [2.05, 4.69) is 29.6 Å². The maximum absolute atomic E-state index is 10.1. The van der Waals surface area contributed by atoms with Crippen LogP contribution in [0.2, 0.25) is 0 Å². The molecule has 2 nitrogen and oxygen atoms in total. The normalized spacial score (nSPS) is 19.9.